The van der Waals surface area contributed by atoms with Crippen LogP contribution in [0.5, 0.6) is 0 Å². The number of nitrogens with zero attached hydrogens (tertiary/aromatic N) is 1. The minimum atomic E-state index is -0.595. The third kappa shape index (κ3) is 2.40. The minimum Gasteiger partial charge on any atom is -0.460 e. The molecule has 0 spiro atoms. The molecule has 0 bridgehead atoms. The van der Waals surface area contributed by atoms with Gasteiger partial charge >= 0.3 is 11.8 Å². The SMILES string of the molecule is CCOC(=O)c1[nH]c([N+](=O)[O-])c(C)c1-c1ccccc1. The molecular formula is C14H14N2O4. The Bertz CT molecular complexity index is 647. The van der Waals surface area contributed by atoms with E-state index < -0.39 is 10.9 Å². The highest BCUT2D eigenvalue weighted by Crippen LogP contribution is 2.33. The highest BCUT2D eigenvalue weighted by Gasteiger charge is 2.28. The van der Waals surface area contributed by atoms with Gasteiger partial charge in [-0.3, -0.25) is 0 Å². The van der Waals surface area contributed by atoms with Crippen molar-refractivity contribution in [3.63, 3.8) is 0 Å². The maximum absolute atomic E-state index is 12.0. The number of carbonyl (C=O) groups is 1. The zero-order valence-electron chi connectivity index (χ0n) is 11.2. The van der Waals surface area contributed by atoms with Crippen molar-refractivity contribution in [2.24, 2.45) is 0 Å². The number of esters is 1. The first-order valence-electron chi connectivity index (χ1n) is 6.15. The van der Waals surface area contributed by atoms with E-state index in [4.69, 9.17) is 4.74 Å². The van der Waals surface area contributed by atoms with Crippen molar-refractivity contribution < 1.29 is 14.5 Å². The third-order valence-corrected chi connectivity index (χ3v) is 2.95. The normalized spacial score (nSPS) is 10.3. The number of ether oxygens (including phenoxy) is 1. The van der Waals surface area contributed by atoms with Gasteiger partial charge in [0.25, 0.3) is 0 Å². The number of hydrogen-bond donors (Lipinski definition) is 1. The Kier molecular flexibility index (Phi) is 3.84. The molecule has 1 aromatic heterocycles. The van der Waals surface area contributed by atoms with E-state index in [-0.39, 0.29) is 18.1 Å². The van der Waals surface area contributed by atoms with Gasteiger partial charge in [-0.05, 0) is 24.3 Å². The second-order valence-electron chi connectivity index (χ2n) is 4.19. The molecule has 0 aliphatic heterocycles. The number of carbonyl (C=O) groups excluding carboxylic acids is 1. The lowest BCUT2D eigenvalue weighted by atomic mass is 10.0. The molecule has 2 aromatic rings. The third-order valence-electron chi connectivity index (χ3n) is 2.95. The quantitative estimate of drug-likeness (QED) is 0.527. The van der Waals surface area contributed by atoms with E-state index >= 15 is 0 Å². The number of H-pyrrole nitrogens is 1. The topological polar surface area (TPSA) is 85.2 Å². The van der Waals surface area contributed by atoms with Crippen molar-refractivity contribution in [3.8, 4) is 11.1 Å². The van der Waals surface area contributed by atoms with E-state index in [1.54, 1.807) is 26.0 Å². The summed E-state index contributed by atoms with van der Waals surface area (Å²) in [6, 6.07) is 9.04. The van der Waals surface area contributed by atoms with Crippen LogP contribution in [0.15, 0.2) is 30.3 Å². The van der Waals surface area contributed by atoms with Crippen molar-refractivity contribution in [2.75, 3.05) is 6.61 Å². The largest absolute Gasteiger partial charge is 0.460 e. The van der Waals surface area contributed by atoms with E-state index in [0.29, 0.717) is 11.1 Å². The van der Waals surface area contributed by atoms with Gasteiger partial charge < -0.3 is 14.9 Å². The molecular weight excluding hydrogens is 260 g/mol. The summed E-state index contributed by atoms with van der Waals surface area (Å²) in [5.41, 5.74) is 1.78. The molecule has 1 N–H and O–H groups in total. The fourth-order valence-corrected chi connectivity index (χ4v) is 2.09. The summed E-state index contributed by atoms with van der Waals surface area (Å²) < 4.78 is 4.95. The predicted octanol–water partition coefficient (Wildman–Crippen LogP) is 3.08. The van der Waals surface area contributed by atoms with Gasteiger partial charge in [-0.25, -0.2) is 9.78 Å². The summed E-state index contributed by atoms with van der Waals surface area (Å²) >= 11 is 0. The van der Waals surface area contributed by atoms with Crippen LogP contribution < -0.4 is 0 Å². The van der Waals surface area contributed by atoms with Crippen LogP contribution in [-0.2, 0) is 4.74 Å². The molecule has 0 atom stereocenters. The number of benzene rings is 1. The monoisotopic (exact) mass is 274 g/mol. The average molecular weight is 274 g/mol. The van der Waals surface area contributed by atoms with Crippen LogP contribution in [0.3, 0.4) is 0 Å². The summed E-state index contributed by atoms with van der Waals surface area (Å²) in [5.74, 6) is -0.783. The second-order valence-corrected chi connectivity index (χ2v) is 4.19. The number of rotatable bonds is 4. The molecule has 2 rings (SSSR count). The second kappa shape index (κ2) is 5.56. The zero-order chi connectivity index (χ0) is 14.7. The highest BCUT2D eigenvalue weighted by atomic mass is 16.6. The fraction of sp³-hybridized carbons (Fsp3) is 0.214. The molecule has 1 heterocycles. The Labute approximate surface area is 115 Å². The van der Waals surface area contributed by atoms with Gasteiger partial charge in [-0.2, -0.15) is 0 Å². The molecule has 0 unspecified atom stereocenters. The molecule has 104 valence electrons. The fourth-order valence-electron chi connectivity index (χ4n) is 2.09. The molecule has 1 aromatic carbocycles. The van der Waals surface area contributed by atoms with Crippen molar-refractivity contribution in [1.29, 1.82) is 0 Å². The first-order chi connectivity index (χ1) is 9.56. The Balaban J connectivity index is 2.64. The Morgan fingerprint density at radius 3 is 2.55 bits per heavy atom. The molecule has 0 amide bonds. The van der Waals surface area contributed by atoms with Gasteiger partial charge in [0.05, 0.1) is 12.2 Å². The molecule has 0 saturated carbocycles. The van der Waals surface area contributed by atoms with Crippen LogP contribution in [0.4, 0.5) is 5.82 Å². The maximum atomic E-state index is 12.0. The van der Waals surface area contributed by atoms with Crippen LogP contribution in [0.1, 0.15) is 23.0 Å². The number of nitrogens with one attached hydrogen (secondary N) is 1. The van der Waals surface area contributed by atoms with Crippen LogP contribution in [0, 0.1) is 17.0 Å². The number of hydrogen-bond acceptors (Lipinski definition) is 4. The highest BCUT2D eigenvalue weighted by molar-refractivity contribution is 5.98. The Hall–Kier alpha value is -2.63. The Morgan fingerprint density at radius 2 is 2.00 bits per heavy atom. The van der Waals surface area contributed by atoms with E-state index in [0.717, 1.165) is 5.56 Å². The van der Waals surface area contributed by atoms with Gasteiger partial charge in [-0.15, -0.1) is 0 Å². The molecule has 0 aliphatic rings. The summed E-state index contributed by atoms with van der Waals surface area (Å²) in [7, 11) is 0. The zero-order valence-corrected chi connectivity index (χ0v) is 11.2. The Morgan fingerprint density at radius 1 is 1.35 bits per heavy atom. The lowest BCUT2D eigenvalue weighted by molar-refractivity contribution is -0.389. The molecule has 6 nitrogen and oxygen atoms in total. The smallest absolute Gasteiger partial charge is 0.379 e. The summed E-state index contributed by atoms with van der Waals surface area (Å²) in [6.07, 6.45) is 0. The van der Waals surface area contributed by atoms with Crippen LogP contribution in [0.2, 0.25) is 0 Å². The van der Waals surface area contributed by atoms with Crippen molar-refractivity contribution >= 4 is 11.8 Å². The van der Waals surface area contributed by atoms with Gasteiger partial charge in [0, 0.05) is 5.56 Å². The molecule has 0 radical (unpaired) electrons. The van der Waals surface area contributed by atoms with Gasteiger partial charge in [0.1, 0.15) is 0 Å². The van der Waals surface area contributed by atoms with Gasteiger partial charge in [-0.1, -0.05) is 30.3 Å². The lowest BCUT2D eigenvalue weighted by Crippen LogP contribution is -2.06. The van der Waals surface area contributed by atoms with Crippen molar-refractivity contribution in [2.45, 2.75) is 13.8 Å². The maximum Gasteiger partial charge on any atom is 0.379 e. The van der Waals surface area contributed by atoms with Gasteiger partial charge in [0.15, 0.2) is 0 Å². The first kappa shape index (κ1) is 13.8. The van der Waals surface area contributed by atoms with E-state index in [1.165, 1.54) is 0 Å². The number of aromatic amines is 1. The van der Waals surface area contributed by atoms with E-state index in [2.05, 4.69) is 4.98 Å². The van der Waals surface area contributed by atoms with Crippen molar-refractivity contribution in [1.82, 2.24) is 4.98 Å². The minimum absolute atomic E-state index is 0.113. The molecule has 0 aliphatic carbocycles. The summed E-state index contributed by atoms with van der Waals surface area (Å²) in [4.78, 5) is 25.0. The lowest BCUT2D eigenvalue weighted by Gasteiger charge is -2.02. The number of nitro groups is 1. The predicted molar refractivity (Wildman–Crippen MR) is 73.6 cm³/mol. The van der Waals surface area contributed by atoms with Crippen LogP contribution in [-0.4, -0.2) is 22.5 Å². The van der Waals surface area contributed by atoms with Crippen molar-refractivity contribution in [3.05, 3.63) is 51.7 Å². The van der Waals surface area contributed by atoms with Gasteiger partial charge in [0.2, 0.25) is 5.69 Å². The summed E-state index contributed by atoms with van der Waals surface area (Å²) in [5, 5.41) is 11.0. The molecule has 0 fully saturated rings. The van der Waals surface area contributed by atoms with E-state index in [1.807, 2.05) is 18.2 Å². The van der Waals surface area contributed by atoms with Crippen LogP contribution >= 0.6 is 0 Å². The molecule has 6 heteroatoms. The number of aromatic nitrogens is 1. The van der Waals surface area contributed by atoms with E-state index in [9.17, 15) is 14.9 Å². The first-order valence-corrected chi connectivity index (χ1v) is 6.15. The van der Waals surface area contributed by atoms with Crippen LogP contribution in [0.25, 0.3) is 11.1 Å². The molecule has 20 heavy (non-hydrogen) atoms. The standard InChI is InChI=1S/C14H14N2O4/c1-3-20-14(17)12-11(10-7-5-4-6-8-10)9(2)13(15-12)16(18)19/h4-8,15H,3H2,1-2H3. The molecule has 0 saturated heterocycles. The summed E-state index contributed by atoms with van der Waals surface area (Å²) in [6.45, 7) is 3.50. The average Bonchev–Trinajstić information content (AvgIpc) is 2.78.